The summed E-state index contributed by atoms with van der Waals surface area (Å²) < 4.78 is 0. The number of amides is 1. The van der Waals surface area contributed by atoms with Gasteiger partial charge in [0.15, 0.2) is 0 Å². The normalized spacial score (nSPS) is 19.7. The fourth-order valence-corrected chi connectivity index (χ4v) is 2.63. The molecule has 1 amide bonds. The van der Waals surface area contributed by atoms with Crippen LogP contribution < -0.4 is 5.32 Å². The molecule has 2 aliphatic rings. The zero-order valence-corrected chi connectivity index (χ0v) is 11.8. The number of likely N-dealkylation sites (tertiary alicyclic amines) is 1. The number of rotatable bonds is 4. The smallest absolute Gasteiger partial charge is 0.234 e. The Balaban J connectivity index is 1.46. The topological polar surface area (TPSA) is 32.3 Å². The monoisotopic (exact) mass is 270 g/mol. The lowest BCUT2D eigenvalue weighted by Crippen LogP contribution is -2.40. The summed E-state index contributed by atoms with van der Waals surface area (Å²) in [4.78, 5) is 14.0. The quantitative estimate of drug-likeness (QED) is 0.911. The van der Waals surface area contributed by atoms with E-state index >= 15 is 0 Å². The van der Waals surface area contributed by atoms with Crippen LogP contribution in [0.4, 0.5) is 0 Å². The minimum atomic E-state index is 0.197. The van der Waals surface area contributed by atoms with Gasteiger partial charge in [0.05, 0.1) is 6.54 Å². The van der Waals surface area contributed by atoms with Crippen molar-refractivity contribution < 1.29 is 4.79 Å². The molecule has 0 spiro atoms. The molecule has 1 heterocycles. The average molecular weight is 270 g/mol. The molecular formula is C17H22N2O. The second kappa shape index (κ2) is 6.23. The van der Waals surface area contributed by atoms with E-state index in [-0.39, 0.29) is 5.91 Å². The molecule has 1 saturated heterocycles. The lowest BCUT2D eigenvalue weighted by atomic mass is 10.0. The third-order valence-electron chi connectivity index (χ3n) is 3.98. The molecule has 106 valence electrons. The van der Waals surface area contributed by atoms with Gasteiger partial charge in [0.1, 0.15) is 0 Å². The van der Waals surface area contributed by atoms with Gasteiger partial charge in [0.2, 0.25) is 5.91 Å². The van der Waals surface area contributed by atoms with E-state index in [0.29, 0.717) is 12.6 Å². The number of piperidine rings is 1. The number of carbonyl (C=O) groups is 1. The molecule has 1 aromatic rings. The van der Waals surface area contributed by atoms with Gasteiger partial charge >= 0.3 is 0 Å². The van der Waals surface area contributed by atoms with Gasteiger partial charge in [-0.2, -0.15) is 0 Å². The Morgan fingerprint density at radius 2 is 1.90 bits per heavy atom. The summed E-state index contributed by atoms with van der Waals surface area (Å²) in [7, 11) is 0. The predicted molar refractivity (Wildman–Crippen MR) is 81.3 cm³/mol. The Kier molecular flexibility index (Phi) is 4.16. The van der Waals surface area contributed by atoms with E-state index < -0.39 is 0 Å². The van der Waals surface area contributed by atoms with Gasteiger partial charge in [0.25, 0.3) is 0 Å². The van der Waals surface area contributed by atoms with Crippen molar-refractivity contribution in [2.45, 2.75) is 31.7 Å². The van der Waals surface area contributed by atoms with Crippen LogP contribution in [0, 0.1) is 0 Å². The van der Waals surface area contributed by atoms with Crippen molar-refractivity contribution in [3.05, 3.63) is 41.5 Å². The van der Waals surface area contributed by atoms with Crippen LogP contribution in [0.3, 0.4) is 0 Å². The zero-order chi connectivity index (χ0) is 13.8. The number of nitrogens with zero attached hydrogens (tertiary/aromatic N) is 1. The summed E-state index contributed by atoms with van der Waals surface area (Å²) in [6, 6.07) is 10.9. The Bertz CT molecular complexity index is 481. The van der Waals surface area contributed by atoms with Gasteiger partial charge in [-0.3, -0.25) is 9.69 Å². The van der Waals surface area contributed by atoms with E-state index in [0.717, 1.165) is 38.8 Å². The van der Waals surface area contributed by atoms with E-state index in [1.807, 2.05) is 6.07 Å². The van der Waals surface area contributed by atoms with Gasteiger partial charge in [-0.15, -0.1) is 0 Å². The summed E-state index contributed by atoms with van der Waals surface area (Å²) in [5.74, 6) is 0.197. The lowest BCUT2D eigenvalue weighted by Gasteiger charge is -2.27. The number of benzene rings is 1. The molecule has 0 radical (unpaired) electrons. The van der Waals surface area contributed by atoms with E-state index in [1.54, 1.807) is 0 Å². The highest BCUT2D eigenvalue weighted by Gasteiger charge is 2.24. The summed E-state index contributed by atoms with van der Waals surface area (Å²) in [5.41, 5.74) is 2.78. The van der Waals surface area contributed by atoms with Crippen molar-refractivity contribution in [1.82, 2.24) is 10.2 Å². The molecule has 1 aliphatic carbocycles. The van der Waals surface area contributed by atoms with E-state index in [1.165, 1.54) is 11.1 Å². The fourth-order valence-electron chi connectivity index (χ4n) is 2.63. The van der Waals surface area contributed by atoms with E-state index in [9.17, 15) is 4.79 Å². The molecule has 20 heavy (non-hydrogen) atoms. The maximum Gasteiger partial charge on any atom is 0.234 e. The predicted octanol–water partition coefficient (Wildman–Crippen LogP) is 2.44. The largest absolute Gasteiger partial charge is 0.352 e. The molecule has 0 unspecified atom stereocenters. The van der Waals surface area contributed by atoms with Gasteiger partial charge in [-0.25, -0.2) is 0 Å². The number of carbonyl (C=O) groups excluding carboxylic acids is 1. The molecular weight excluding hydrogens is 248 g/mol. The van der Waals surface area contributed by atoms with Crippen LogP contribution >= 0.6 is 0 Å². The van der Waals surface area contributed by atoms with Crippen molar-refractivity contribution in [3.63, 3.8) is 0 Å². The highest BCUT2D eigenvalue weighted by molar-refractivity contribution is 5.78. The van der Waals surface area contributed by atoms with Crippen LogP contribution in [0.2, 0.25) is 0 Å². The van der Waals surface area contributed by atoms with Crippen LogP contribution in [0.15, 0.2) is 35.9 Å². The summed E-state index contributed by atoms with van der Waals surface area (Å²) in [5, 5.41) is 3.06. The molecule has 3 heteroatoms. The lowest BCUT2D eigenvalue weighted by molar-refractivity contribution is -0.122. The maximum absolute atomic E-state index is 11.8. The molecule has 3 nitrogen and oxygen atoms in total. The zero-order valence-electron chi connectivity index (χ0n) is 11.8. The van der Waals surface area contributed by atoms with Crippen LogP contribution in [0.25, 0.3) is 6.08 Å². The van der Waals surface area contributed by atoms with Crippen LogP contribution in [-0.2, 0) is 4.79 Å². The molecule has 1 saturated carbocycles. The van der Waals surface area contributed by atoms with Crippen LogP contribution in [0.5, 0.6) is 0 Å². The van der Waals surface area contributed by atoms with Gasteiger partial charge in [0, 0.05) is 19.1 Å². The highest BCUT2D eigenvalue weighted by Crippen LogP contribution is 2.20. The average Bonchev–Trinajstić information content (AvgIpc) is 3.26. The first-order valence-electron chi connectivity index (χ1n) is 7.56. The first-order chi connectivity index (χ1) is 9.79. The van der Waals surface area contributed by atoms with Crippen molar-refractivity contribution in [1.29, 1.82) is 0 Å². The van der Waals surface area contributed by atoms with E-state index in [2.05, 4.69) is 40.6 Å². The third kappa shape index (κ3) is 3.94. The molecule has 0 aromatic heterocycles. The maximum atomic E-state index is 11.8. The number of nitrogens with one attached hydrogen (secondary N) is 1. The molecule has 1 aromatic carbocycles. The summed E-state index contributed by atoms with van der Waals surface area (Å²) >= 11 is 0. The van der Waals surface area contributed by atoms with Crippen molar-refractivity contribution in [2.75, 3.05) is 19.6 Å². The molecule has 2 fully saturated rings. The highest BCUT2D eigenvalue weighted by atomic mass is 16.2. The molecule has 0 atom stereocenters. The second-order valence-corrected chi connectivity index (χ2v) is 5.83. The Labute approximate surface area is 120 Å². The third-order valence-corrected chi connectivity index (χ3v) is 3.98. The molecule has 1 aliphatic heterocycles. The van der Waals surface area contributed by atoms with Gasteiger partial charge in [-0.1, -0.05) is 42.0 Å². The Morgan fingerprint density at radius 3 is 2.55 bits per heavy atom. The molecule has 1 N–H and O–H groups in total. The SMILES string of the molecule is O=C(CN1CCC(=Cc2ccccc2)CC1)NC1CC1. The molecule has 3 rings (SSSR count). The van der Waals surface area contributed by atoms with Gasteiger partial charge < -0.3 is 5.32 Å². The standard InChI is InChI=1S/C17H22N2O/c20-17(18-16-6-7-16)13-19-10-8-15(9-11-19)12-14-4-2-1-3-5-14/h1-5,12,16H,6-11,13H2,(H,18,20). The van der Waals surface area contributed by atoms with E-state index in [4.69, 9.17) is 0 Å². The van der Waals surface area contributed by atoms with Crippen molar-refractivity contribution in [2.24, 2.45) is 0 Å². The summed E-state index contributed by atoms with van der Waals surface area (Å²) in [6.45, 7) is 2.56. The minimum Gasteiger partial charge on any atom is -0.352 e. The van der Waals surface area contributed by atoms with Crippen molar-refractivity contribution >= 4 is 12.0 Å². The number of hydrogen-bond acceptors (Lipinski definition) is 2. The summed E-state index contributed by atoms with van der Waals surface area (Å²) in [6.07, 6.45) is 6.77. The first kappa shape index (κ1) is 13.4. The fraction of sp³-hybridized carbons (Fsp3) is 0.471. The second-order valence-electron chi connectivity index (χ2n) is 5.83. The van der Waals surface area contributed by atoms with Gasteiger partial charge in [-0.05, 0) is 31.2 Å². The Hall–Kier alpha value is -1.61. The van der Waals surface area contributed by atoms with Crippen molar-refractivity contribution in [3.8, 4) is 0 Å². The molecule has 0 bridgehead atoms. The first-order valence-corrected chi connectivity index (χ1v) is 7.56. The number of hydrogen-bond donors (Lipinski definition) is 1. The Morgan fingerprint density at radius 1 is 1.20 bits per heavy atom. The van der Waals surface area contributed by atoms with Crippen LogP contribution in [0.1, 0.15) is 31.2 Å². The minimum absolute atomic E-state index is 0.197. The van der Waals surface area contributed by atoms with Crippen LogP contribution in [-0.4, -0.2) is 36.5 Å².